The van der Waals surface area contributed by atoms with E-state index >= 15 is 0 Å². The third-order valence-corrected chi connectivity index (χ3v) is 3.77. The van der Waals surface area contributed by atoms with Gasteiger partial charge in [0.25, 0.3) is 0 Å². The fourth-order valence-corrected chi connectivity index (χ4v) is 2.86. The maximum atomic E-state index is 13.0. The summed E-state index contributed by atoms with van der Waals surface area (Å²) in [6.45, 7) is 0.252. The van der Waals surface area contributed by atoms with Crippen LogP contribution in [0.4, 0.5) is 18.9 Å². The third kappa shape index (κ3) is 3.27. The Kier molecular flexibility index (Phi) is 4.59. The minimum absolute atomic E-state index is 0.0626. The van der Waals surface area contributed by atoms with E-state index in [0.717, 1.165) is 17.7 Å². The van der Waals surface area contributed by atoms with Crippen LogP contribution in [0, 0.1) is 17.5 Å². The highest BCUT2D eigenvalue weighted by molar-refractivity contribution is 9.11. The van der Waals surface area contributed by atoms with Crippen molar-refractivity contribution >= 4 is 37.5 Å². The number of hydrogen-bond donors (Lipinski definition) is 2. The van der Waals surface area contributed by atoms with Gasteiger partial charge in [0.05, 0.1) is 8.95 Å². The van der Waals surface area contributed by atoms with Crippen molar-refractivity contribution in [3.63, 3.8) is 0 Å². The van der Waals surface area contributed by atoms with Crippen LogP contribution < -0.4 is 5.32 Å². The van der Waals surface area contributed by atoms with E-state index in [-0.39, 0.29) is 18.0 Å². The summed E-state index contributed by atoms with van der Waals surface area (Å²) >= 11 is 6.36. The predicted octanol–water partition coefficient (Wildman–Crippen LogP) is 4.95. The second kappa shape index (κ2) is 6.05. The summed E-state index contributed by atoms with van der Waals surface area (Å²) in [5.74, 6) is -3.93. The van der Waals surface area contributed by atoms with Gasteiger partial charge in [0.2, 0.25) is 0 Å². The Hall–Kier alpha value is -1.21. The first-order valence-electron chi connectivity index (χ1n) is 5.44. The van der Waals surface area contributed by atoms with Crippen LogP contribution in [-0.4, -0.2) is 5.11 Å². The van der Waals surface area contributed by atoms with E-state index < -0.39 is 17.5 Å². The molecule has 0 radical (unpaired) electrons. The van der Waals surface area contributed by atoms with E-state index in [4.69, 9.17) is 0 Å². The fraction of sp³-hybridized carbons (Fsp3) is 0.0769. The van der Waals surface area contributed by atoms with Crippen LogP contribution in [0.15, 0.2) is 33.2 Å². The van der Waals surface area contributed by atoms with Crippen molar-refractivity contribution in [3.8, 4) is 5.75 Å². The Balaban J connectivity index is 2.17. The predicted molar refractivity (Wildman–Crippen MR) is 77.1 cm³/mol. The lowest BCUT2D eigenvalue weighted by Gasteiger charge is -2.09. The quantitative estimate of drug-likeness (QED) is 0.702. The zero-order chi connectivity index (χ0) is 14.9. The number of anilines is 1. The largest absolute Gasteiger partial charge is 0.506 e. The Bertz CT molecular complexity index is 561. The van der Waals surface area contributed by atoms with Crippen molar-refractivity contribution < 1.29 is 18.3 Å². The molecule has 0 spiro atoms. The van der Waals surface area contributed by atoms with E-state index in [1.165, 1.54) is 0 Å². The molecule has 2 aromatic rings. The molecule has 0 amide bonds. The Morgan fingerprint density at radius 3 is 1.95 bits per heavy atom. The standard InChI is InChI=1S/C13H8Br2F3NO/c14-8-1-6(2-9(15)13(8)20)5-19-7-3-10(16)12(18)11(17)4-7/h1-4,19-20H,5H2. The number of rotatable bonds is 3. The van der Waals surface area contributed by atoms with E-state index in [0.29, 0.717) is 8.95 Å². The molecule has 0 aliphatic heterocycles. The number of aromatic hydroxyl groups is 1. The van der Waals surface area contributed by atoms with Gasteiger partial charge in [0, 0.05) is 24.4 Å². The fourth-order valence-electron chi connectivity index (χ4n) is 1.58. The molecule has 7 heteroatoms. The van der Waals surface area contributed by atoms with Crippen LogP contribution in [-0.2, 0) is 6.54 Å². The number of hydrogen-bond acceptors (Lipinski definition) is 2. The molecule has 2 nitrogen and oxygen atoms in total. The van der Waals surface area contributed by atoms with Crippen molar-refractivity contribution in [1.82, 2.24) is 0 Å². The third-order valence-electron chi connectivity index (χ3n) is 2.56. The van der Waals surface area contributed by atoms with Crippen molar-refractivity contribution in [2.24, 2.45) is 0 Å². The van der Waals surface area contributed by atoms with Crippen LogP contribution in [0.2, 0.25) is 0 Å². The molecule has 0 heterocycles. The summed E-state index contributed by atoms with van der Waals surface area (Å²) in [4.78, 5) is 0. The SMILES string of the molecule is Oc1c(Br)cc(CNc2cc(F)c(F)c(F)c2)cc1Br. The Morgan fingerprint density at radius 1 is 0.950 bits per heavy atom. The van der Waals surface area contributed by atoms with Gasteiger partial charge >= 0.3 is 0 Å². The van der Waals surface area contributed by atoms with E-state index in [1.54, 1.807) is 12.1 Å². The normalized spacial score (nSPS) is 10.7. The molecular weight excluding hydrogens is 403 g/mol. The molecule has 0 aromatic heterocycles. The molecule has 0 unspecified atom stereocenters. The molecule has 0 aliphatic rings. The highest BCUT2D eigenvalue weighted by Gasteiger charge is 2.11. The molecule has 2 aromatic carbocycles. The first kappa shape index (κ1) is 15.2. The smallest absolute Gasteiger partial charge is 0.194 e. The molecule has 0 aliphatic carbocycles. The van der Waals surface area contributed by atoms with Crippen LogP contribution in [0.25, 0.3) is 0 Å². The average Bonchev–Trinajstić information content (AvgIpc) is 2.39. The van der Waals surface area contributed by atoms with Gasteiger partial charge in [-0.25, -0.2) is 13.2 Å². The lowest BCUT2D eigenvalue weighted by molar-refractivity contribution is 0.447. The van der Waals surface area contributed by atoms with Gasteiger partial charge in [-0.2, -0.15) is 0 Å². The van der Waals surface area contributed by atoms with Gasteiger partial charge in [0.1, 0.15) is 5.75 Å². The van der Waals surface area contributed by atoms with E-state index in [1.807, 2.05) is 0 Å². The molecule has 20 heavy (non-hydrogen) atoms. The van der Waals surface area contributed by atoms with Crippen LogP contribution >= 0.6 is 31.9 Å². The molecule has 2 rings (SSSR count). The minimum Gasteiger partial charge on any atom is -0.506 e. The van der Waals surface area contributed by atoms with E-state index in [2.05, 4.69) is 37.2 Å². The second-order valence-electron chi connectivity index (χ2n) is 4.02. The molecule has 0 saturated heterocycles. The Morgan fingerprint density at radius 2 is 1.45 bits per heavy atom. The molecule has 0 atom stereocenters. The molecule has 106 valence electrons. The lowest BCUT2D eigenvalue weighted by atomic mass is 10.2. The molecule has 0 saturated carbocycles. The zero-order valence-electron chi connectivity index (χ0n) is 9.85. The summed E-state index contributed by atoms with van der Waals surface area (Å²) in [6.07, 6.45) is 0. The van der Waals surface area contributed by atoms with Gasteiger partial charge < -0.3 is 10.4 Å². The zero-order valence-corrected chi connectivity index (χ0v) is 13.0. The van der Waals surface area contributed by atoms with Crippen molar-refractivity contribution in [1.29, 1.82) is 0 Å². The lowest BCUT2D eigenvalue weighted by Crippen LogP contribution is -2.02. The van der Waals surface area contributed by atoms with Gasteiger partial charge in [-0.15, -0.1) is 0 Å². The van der Waals surface area contributed by atoms with Crippen molar-refractivity contribution in [2.45, 2.75) is 6.54 Å². The van der Waals surface area contributed by atoms with Crippen LogP contribution in [0.5, 0.6) is 5.75 Å². The maximum Gasteiger partial charge on any atom is 0.194 e. The number of halogens is 5. The first-order chi connectivity index (χ1) is 9.38. The summed E-state index contributed by atoms with van der Waals surface area (Å²) in [5, 5.41) is 12.3. The average molecular weight is 411 g/mol. The van der Waals surface area contributed by atoms with Crippen molar-refractivity contribution in [3.05, 3.63) is 56.2 Å². The molecule has 0 fully saturated rings. The summed E-state index contributed by atoms with van der Waals surface area (Å²) < 4.78 is 39.9. The molecular formula is C13H8Br2F3NO. The maximum absolute atomic E-state index is 13.0. The molecule has 0 bridgehead atoms. The summed E-state index contributed by atoms with van der Waals surface area (Å²) in [5.41, 5.74) is 0.883. The number of benzene rings is 2. The number of phenolic OH excluding ortho intramolecular Hbond substituents is 1. The van der Waals surface area contributed by atoms with E-state index in [9.17, 15) is 18.3 Å². The highest BCUT2D eigenvalue weighted by atomic mass is 79.9. The first-order valence-corrected chi connectivity index (χ1v) is 7.02. The minimum atomic E-state index is -1.49. The monoisotopic (exact) mass is 409 g/mol. The van der Waals surface area contributed by atoms with Gasteiger partial charge in [-0.1, -0.05) is 0 Å². The summed E-state index contributed by atoms with van der Waals surface area (Å²) in [7, 11) is 0. The van der Waals surface area contributed by atoms with Crippen LogP contribution in [0.3, 0.4) is 0 Å². The molecule has 2 N–H and O–H groups in total. The van der Waals surface area contributed by atoms with Crippen molar-refractivity contribution in [2.75, 3.05) is 5.32 Å². The number of phenols is 1. The number of nitrogens with one attached hydrogen (secondary N) is 1. The van der Waals surface area contributed by atoms with Gasteiger partial charge in [-0.3, -0.25) is 0 Å². The van der Waals surface area contributed by atoms with Crippen LogP contribution in [0.1, 0.15) is 5.56 Å². The second-order valence-corrected chi connectivity index (χ2v) is 5.72. The summed E-state index contributed by atoms with van der Waals surface area (Å²) in [6, 6.07) is 5.07. The Labute approximate surface area is 129 Å². The van der Waals surface area contributed by atoms with Gasteiger partial charge in [-0.05, 0) is 49.6 Å². The topological polar surface area (TPSA) is 32.3 Å². The van der Waals surface area contributed by atoms with Gasteiger partial charge in [0.15, 0.2) is 17.5 Å². The highest BCUT2D eigenvalue weighted by Crippen LogP contribution is 2.33.